The monoisotopic (exact) mass is 820 g/mol. The summed E-state index contributed by atoms with van der Waals surface area (Å²) in [6, 6.07) is -1.54. The molecule has 0 aliphatic carbocycles. The van der Waals surface area contributed by atoms with E-state index in [-0.39, 0.29) is 12.8 Å². The Morgan fingerprint density at radius 1 is 0.607 bits per heavy atom. The van der Waals surface area contributed by atoms with E-state index in [4.69, 9.17) is 24.8 Å². The largest absolute Gasteiger partial charge is 0.480 e. The second kappa shape index (κ2) is 37.2. The van der Waals surface area contributed by atoms with Crippen LogP contribution in [0.2, 0.25) is 0 Å². The van der Waals surface area contributed by atoms with Crippen LogP contribution in [0.25, 0.3) is 0 Å². The van der Waals surface area contributed by atoms with Gasteiger partial charge in [0.15, 0.2) is 6.10 Å². The van der Waals surface area contributed by atoms with Gasteiger partial charge in [0, 0.05) is 12.8 Å². The van der Waals surface area contributed by atoms with Crippen molar-refractivity contribution in [2.45, 2.75) is 205 Å². The van der Waals surface area contributed by atoms with E-state index in [1.54, 1.807) is 0 Å². The summed E-state index contributed by atoms with van der Waals surface area (Å²) in [5.74, 6) is -2.51. The van der Waals surface area contributed by atoms with Crippen LogP contribution < -0.4 is 5.73 Å². The molecule has 0 heterocycles. The summed E-state index contributed by atoms with van der Waals surface area (Å²) in [5, 5.41) is 29.3. The average molecular weight is 820 g/mol. The van der Waals surface area contributed by atoms with Crippen LogP contribution in [0.3, 0.4) is 0 Å². The number of phosphoric ester groups is 1. The van der Waals surface area contributed by atoms with Gasteiger partial charge >= 0.3 is 25.7 Å². The summed E-state index contributed by atoms with van der Waals surface area (Å²) in [7, 11) is -4.75. The molecule has 1 unspecified atom stereocenters. The van der Waals surface area contributed by atoms with Crippen LogP contribution in [-0.2, 0) is 37.5 Å². The number of carbonyl (C=O) groups excluding carboxylic acids is 2. The molecule has 56 heavy (non-hydrogen) atoms. The average Bonchev–Trinajstić information content (AvgIpc) is 3.17. The number of nitrogens with two attached hydrogens (primary N) is 1. The number of carbonyl (C=O) groups is 3. The molecule has 0 fully saturated rings. The molecule has 0 bridgehead atoms. The van der Waals surface area contributed by atoms with Gasteiger partial charge < -0.3 is 35.4 Å². The van der Waals surface area contributed by atoms with Crippen molar-refractivity contribution in [2.75, 3.05) is 19.8 Å². The van der Waals surface area contributed by atoms with Gasteiger partial charge in [-0.05, 0) is 64.2 Å². The molecule has 0 aliphatic rings. The summed E-state index contributed by atoms with van der Waals surface area (Å²) in [4.78, 5) is 45.9. The molecule has 0 aromatic carbocycles. The molecule has 13 nitrogen and oxygen atoms in total. The van der Waals surface area contributed by atoms with Gasteiger partial charge in [-0.3, -0.25) is 23.4 Å². The number of carboxylic acid groups (broad SMARTS) is 1. The highest BCUT2D eigenvalue weighted by Crippen LogP contribution is 2.43. The fraction of sp³-hybridized carbons (Fsp3) is 0.833. The molecule has 0 radical (unpaired) electrons. The molecule has 328 valence electrons. The Balaban J connectivity index is 4.49. The molecule has 0 saturated heterocycles. The highest BCUT2D eigenvalue weighted by atomic mass is 31.2. The van der Waals surface area contributed by atoms with Crippen LogP contribution in [0, 0.1) is 0 Å². The number of hydrogen-bond donors (Lipinski definition) is 5. The first-order valence-corrected chi connectivity index (χ1v) is 23.0. The van der Waals surface area contributed by atoms with Gasteiger partial charge in [-0.1, -0.05) is 128 Å². The number of phosphoric acid groups is 1. The maximum Gasteiger partial charge on any atom is 0.472 e. The molecule has 0 aromatic rings. The van der Waals surface area contributed by atoms with Gasteiger partial charge in [-0.2, -0.15) is 0 Å². The second-order valence-electron chi connectivity index (χ2n) is 14.8. The molecule has 0 aliphatic heterocycles. The lowest BCUT2D eigenvalue weighted by molar-refractivity contribution is -0.161. The fourth-order valence-corrected chi connectivity index (χ4v) is 6.57. The Morgan fingerprint density at radius 2 is 1.07 bits per heavy atom. The molecule has 0 spiro atoms. The van der Waals surface area contributed by atoms with Gasteiger partial charge in [-0.15, -0.1) is 0 Å². The number of unbranched alkanes of at least 4 members (excludes halogenated alkanes) is 18. The molecule has 14 heteroatoms. The van der Waals surface area contributed by atoms with Crippen LogP contribution in [0.1, 0.15) is 181 Å². The van der Waals surface area contributed by atoms with Crippen LogP contribution in [0.15, 0.2) is 24.3 Å². The first kappa shape index (κ1) is 53.9. The molecular weight excluding hydrogens is 741 g/mol. The normalized spacial score (nSPS) is 15.1. The summed E-state index contributed by atoms with van der Waals surface area (Å²) >= 11 is 0. The van der Waals surface area contributed by atoms with Crippen molar-refractivity contribution >= 4 is 25.7 Å². The van der Waals surface area contributed by atoms with E-state index in [1.807, 2.05) is 6.08 Å². The minimum atomic E-state index is -4.75. The Hall–Kier alpha value is -2.12. The number of aliphatic carboxylic acids is 1. The summed E-state index contributed by atoms with van der Waals surface area (Å²) < 4.78 is 32.6. The molecule has 5 atom stereocenters. The molecular formula is C42H78NO12P. The van der Waals surface area contributed by atoms with E-state index in [0.29, 0.717) is 25.7 Å². The van der Waals surface area contributed by atoms with E-state index in [0.717, 1.165) is 70.6 Å². The summed E-state index contributed by atoms with van der Waals surface area (Å²) in [6.45, 7) is 2.57. The number of aliphatic hydroxyl groups is 2. The van der Waals surface area contributed by atoms with Gasteiger partial charge in [0.2, 0.25) is 0 Å². The number of esters is 2. The zero-order valence-corrected chi connectivity index (χ0v) is 35.6. The number of hydrogen-bond acceptors (Lipinski definition) is 11. The Kier molecular flexibility index (Phi) is 35.8. The number of aliphatic hydroxyl groups excluding tert-OH is 2. The Labute approximate surface area is 337 Å². The van der Waals surface area contributed by atoms with Crippen molar-refractivity contribution in [1.29, 1.82) is 0 Å². The first-order chi connectivity index (χ1) is 26.9. The maximum atomic E-state index is 12.6. The number of allylic oxidation sites excluding steroid dienone is 3. The minimum Gasteiger partial charge on any atom is -0.480 e. The van der Waals surface area contributed by atoms with E-state index in [2.05, 4.69) is 36.6 Å². The lowest BCUT2D eigenvalue weighted by Crippen LogP contribution is -2.34. The smallest absolute Gasteiger partial charge is 0.472 e. The summed E-state index contributed by atoms with van der Waals surface area (Å²) in [6.07, 6.45) is 29.8. The molecule has 0 saturated carbocycles. The van der Waals surface area contributed by atoms with E-state index in [9.17, 15) is 34.1 Å². The summed E-state index contributed by atoms with van der Waals surface area (Å²) in [5.41, 5.74) is 5.32. The van der Waals surface area contributed by atoms with Crippen LogP contribution in [0.5, 0.6) is 0 Å². The van der Waals surface area contributed by atoms with Crippen LogP contribution in [-0.4, -0.2) is 82.3 Å². The predicted octanol–water partition coefficient (Wildman–Crippen LogP) is 9.00. The third kappa shape index (κ3) is 35.1. The number of ether oxygens (including phenoxy) is 2. The standard InChI is InChI=1S/C42H78NO12P/c1-3-5-7-9-11-12-13-14-15-16-17-18-19-23-28-32-41(47)55-36(34-53-56(50,51)54-35-37(43)42(48)49)33-52-40(46)31-27-24-20-22-26-30-39(45)38(44)29-25-21-10-8-6-4-2/h12-13,21,25,36-39,44-45H,3-11,14-20,22-24,26-35,43H2,1-2H3,(H,48,49)(H,50,51)/b13-12-,25-21-/t36-,37+,38-,39-/m1/s1. The highest BCUT2D eigenvalue weighted by Gasteiger charge is 2.28. The van der Waals surface area contributed by atoms with Crippen LogP contribution in [0.4, 0.5) is 0 Å². The van der Waals surface area contributed by atoms with Crippen molar-refractivity contribution in [1.82, 2.24) is 0 Å². The van der Waals surface area contributed by atoms with Crippen molar-refractivity contribution in [2.24, 2.45) is 5.73 Å². The minimum absolute atomic E-state index is 0.123. The third-order valence-corrected chi connectivity index (χ3v) is 10.3. The topological polar surface area (TPSA) is 212 Å². The van der Waals surface area contributed by atoms with Crippen LogP contribution >= 0.6 is 7.82 Å². The molecule has 0 aromatic heterocycles. The zero-order chi connectivity index (χ0) is 41.7. The van der Waals surface area contributed by atoms with Crippen molar-refractivity contribution in [3.63, 3.8) is 0 Å². The van der Waals surface area contributed by atoms with Gasteiger partial charge in [0.05, 0.1) is 25.4 Å². The predicted molar refractivity (Wildman–Crippen MR) is 220 cm³/mol. The highest BCUT2D eigenvalue weighted by molar-refractivity contribution is 7.47. The van der Waals surface area contributed by atoms with Gasteiger partial charge in [0.25, 0.3) is 0 Å². The fourth-order valence-electron chi connectivity index (χ4n) is 5.79. The quantitative estimate of drug-likeness (QED) is 0.0169. The Bertz CT molecular complexity index is 1090. The van der Waals surface area contributed by atoms with Crippen molar-refractivity contribution in [3.05, 3.63) is 24.3 Å². The molecule has 6 N–H and O–H groups in total. The van der Waals surface area contributed by atoms with E-state index < -0.39 is 69.9 Å². The zero-order valence-electron chi connectivity index (χ0n) is 34.7. The number of rotatable bonds is 40. The van der Waals surface area contributed by atoms with E-state index >= 15 is 0 Å². The number of carboxylic acids is 1. The first-order valence-electron chi connectivity index (χ1n) is 21.5. The second-order valence-corrected chi connectivity index (χ2v) is 16.2. The van der Waals surface area contributed by atoms with E-state index in [1.165, 1.54) is 57.8 Å². The third-order valence-electron chi connectivity index (χ3n) is 9.37. The van der Waals surface area contributed by atoms with Crippen molar-refractivity contribution < 1.29 is 57.7 Å². The lowest BCUT2D eigenvalue weighted by atomic mass is 10.0. The molecule has 0 rings (SSSR count). The van der Waals surface area contributed by atoms with Gasteiger partial charge in [0.1, 0.15) is 12.6 Å². The van der Waals surface area contributed by atoms with Gasteiger partial charge in [-0.25, -0.2) is 4.57 Å². The maximum absolute atomic E-state index is 12.6. The van der Waals surface area contributed by atoms with Crippen molar-refractivity contribution in [3.8, 4) is 0 Å². The Morgan fingerprint density at radius 3 is 1.66 bits per heavy atom. The molecule has 0 amide bonds. The lowest BCUT2D eigenvalue weighted by Gasteiger charge is -2.20. The SMILES string of the molecule is CCCCC/C=C\C[C@@H](O)[C@H](O)CCCCCCCC(=O)OC[C@H](COP(=O)(O)OC[C@H](N)C(=O)O)OC(=O)CCCCCCCCC/C=C\CCCCCC.